The maximum absolute atomic E-state index is 12.9. The first-order valence-corrected chi connectivity index (χ1v) is 9.64. The molecule has 0 aliphatic carbocycles. The first-order valence-electron chi connectivity index (χ1n) is 9.64. The van der Waals surface area contributed by atoms with Crippen LogP contribution in [0, 0.1) is 0 Å². The van der Waals surface area contributed by atoms with E-state index in [-0.39, 0.29) is 11.7 Å². The normalized spacial score (nSPS) is 19.7. The van der Waals surface area contributed by atoms with Crippen molar-refractivity contribution in [3.63, 3.8) is 0 Å². The average molecular weight is 379 g/mol. The number of hydrogen-bond acceptors (Lipinski definition) is 5. The predicted octanol–water partition coefficient (Wildman–Crippen LogP) is 3.10. The van der Waals surface area contributed by atoms with E-state index < -0.39 is 5.60 Å². The van der Waals surface area contributed by atoms with Gasteiger partial charge >= 0.3 is 0 Å². The number of carbonyl (C=O) groups excluding carboxylic acids is 2. The number of Topliss-reactive ketones (excluding diaryl/α,β-unsaturated/α-hetero) is 1. The third-order valence-corrected chi connectivity index (χ3v) is 5.75. The molecule has 3 heterocycles. The minimum Gasteiger partial charge on any atom is -0.486 e. The Morgan fingerprint density at radius 1 is 0.929 bits per heavy atom. The quantitative estimate of drug-likeness (QED) is 0.762. The molecule has 0 aromatic heterocycles. The molecule has 0 bridgehead atoms. The zero-order valence-electron chi connectivity index (χ0n) is 15.5. The van der Waals surface area contributed by atoms with E-state index in [4.69, 9.17) is 14.2 Å². The molecular weight excluding hydrogens is 358 g/mol. The molecule has 5 rings (SSSR count). The molecule has 1 fully saturated rings. The van der Waals surface area contributed by atoms with Crippen molar-refractivity contribution in [2.45, 2.75) is 24.9 Å². The highest BCUT2D eigenvalue weighted by Gasteiger charge is 2.43. The van der Waals surface area contributed by atoms with Gasteiger partial charge in [0.1, 0.15) is 24.6 Å². The molecule has 0 atom stereocenters. The van der Waals surface area contributed by atoms with Gasteiger partial charge in [0.05, 0.1) is 12.0 Å². The summed E-state index contributed by atoms with van der Waals surface area (Å²) in [6.07, 6.45) is 1.66. The van der Waals surface area contributed by atoms with E-state index in [1.54, 1.807) is 18.2 Å². The van der Waals surface area contributed by atoms with Gasteiger partial charge < -0.3 is 19.1 Å². The summed E-state index contributed by atoms with van der Waals surface area (Å²) in [7, 11) is 0. The number of benzene rings is 2. The van der Waals surface area contributed by atoms with Gasteiger partial charge in [-0.1, -0.05) is 12.1 Å². The zero-order chi connectivity index (χ0) is 19.1. The minimum atomic E-state index is -0.505. The first kappa shape index (κ1) is 17.1. The van der Waals surface area contributed by atoms with E-state index in [2.05, 4.69) is 0 Å². The lowest BCUT2D eigenvalue weighted by Gasteiger charge is -2.44. The van der Waals surface area contributed by atoms with Crippen molar-refractivity contribution in [2.75, 3.05) is 26.3 Å². The molecule has 1 amide bonds. The second-order valence-electron chi connectivity index (χ2n) is 7.53. The molecule has 1 spiro atoms. The Kier molecular flexibility index (Phi) is 4.00. The monoisotopic (exact) mass is 379 g/mol. The van der Waals surface area contributed by atoms with E-state index in [9.17, 15) is 9.59 Å². The van der Waals surface area contributed by atoms with Gasteiger partial charge in [0.2, 0.25) is 0 Å². The molecule has 0 unspecified atom stereocenters. The molecule has 3 aliphatic heterocycles. The summed E-state index contributed by atoms with van der Waals surface area (Å²) >= 11 is 0. The number of nitrogens with zero attached hydrogens (tertiary/aromatic N) is 1. The fourth-order valence-electron chi connectivity index (χ4n) is 4.20. The Hall–Kier alpha value is -3.02. The van der Waals surface area contributed by atoms with Crippen LogP contribution in [0.2, 0.25) is 0 Å². The van der Waals surface area contributed by atoms with Crippen LogP contribution < -0.4 is 14.2 Å². The highest BCUT2D eigenvalue weighted by atomic mass is 16.6. The van der Waals surface area contributed by atoms with Crippen molar-refractivity contribution in [1.29, 1.82) is 0 Å². The maximum atomic E-state index is 12.9. The number of para-hydroxylation sites is 1. The Morgan fingerprint density at radius 2 is 1.68 bits per heavy atom. The average Bonchev–Trinajstić information content (AvgIpc) is 2.73. The lowest BCUT2D eigenvalue weighted by Crippen LogP contribution is -2.52. The van der Waals surface area contributed by atoms with Crippen molar-refractivity contribution < 1.29 is 23.8 Å². The Morgan fingerprint density at radius 3 is 2.50 bits per heavy atom. The number of hydrogen-bond donors (Lipinski definition) is 0. The van der Waals surface area contributed by atoms with Crippen LogP contribution in [-0.2, 0) is 0 Å². The summed E-state index contributed by atoms with van der Waals surface area (Å²) in [6, 6.07) is 12.7. The fraction of sp³-hybridized carbons (Fsp3) is 0.364. The molecule has 0 saturated carbocycles. The van der Waals surface area contributed by atoms with E-state index in [0.29, 0.717) is 73.9 Å². The second kappa shape index (κ2) is 6.55. The number of amides is 1. The van der Waals surface area contributed by atoms with Crippen LogP contribution in [0.1, 0.15) is 40.0 Å². The van der Waals surface area contributed by atoms with Crippen LogP contribution in [0.15, 0.2) is 42.5 Å². The van der Waals surface area contributed by atoms with Crippen molar-refractivity contribution in [2.24, 2.45) is 0 Å². The number of rotatable bonds is 1. The smallest absolute Gasteiger partial charge is 0.253 e. The van der Waals surface area contributed by atoms with Crippen molar-refractivity contribution in [1.82, 2.24) is 4.90 Å². The zero-order valence-corrected chi connectivity index (χ0v) is 15.5. The molecule has 144 valence electrons. The van der Waals surface area contributed by atoms with Crippen molar-refractivity contribution in [3.05, 3.63) is 53.6 Å². The molecule has 3 aliphatic rings. The van der Waals surface area contributed by atoms with Crippen molar-refractivity contribution in [3.8, 4) is 17.2 Å². The number of likely N-dealkylation sites (tertiary alicyclic amines) is 1. The van der Waals surface area contributed by atoms with Crippen molar-refractivity contribution >= 4 is 11.7 Å². The summed E-state index contributed by atoms with van der Waals surface area (Å²) in [5, 5.41) is 0. The lowest BCUT2D eigenvalue weighted by atomic mass is 9.82. The summed E-state index contributed by atoms with van der Waals surface area (Å²) in [5.74, 6) is 2.03. The number of piperidine rings is 1. The SMILES string of the molecule is O=C1CC2(CCN(C(=O)c3ccc4c(c3)OCCO4)CC2)Oc2ccccc21. The second-order valence-corrected chi connectivity index (χ2v) is 7.53. The Balaban J connectivity index is 1.30. The van der Waals surface area contributed by atoms with Gasteiger partial charge in [-0.25, -0.2) is 0 Å². The molecule has 6 heteroatoms. The highest BCUT2D eigenvalue weighted by Crippen LogP contribution is 2.39. The summed E-state index contributed by atoms with van der Waals surface area (Å²) < 4.78 is 17.3. The molecule has 1 saturated heterocycles. The topological polar surface area (TPSA) is 65.1 Å². The van der Waals surface area contributed by atoms with E-state index in [1.165, 1.54) is 0 Å². The summed E-state index contributed by atoms with van der Waals surface area (Å²) in [5.41, 5.74) is 0.740. The first-order chi connectivity index (χ1) is 13.6. The summed E-state index contributed by atoms with van der Waals surface area (Å²) in [4.78, 5) is 27.3. The highest BCUT2D eigenvalue weighted by molar-refractivity contribution is 6.00. The molecule has 0 N–H and O–H groups in total. The van der Waals surface area contributed by atoms with Gasteiger partial charge in [0.15, 0.2) is 17.3 Å². The van der Waals surface area contributed by atoms with Crippen LogP contribution >= 0.6 is 0 Å². The van der Waals surface area contributed by atoms with Crippen LogP contribution in [0.3, 0.4) is 0 Å². The third-order valence-electron chi connectivity index (χ3n) is 5.75. The fourth-order valence-corrected chi connectivity index (χ4v) is 4.20. The Labute approximate surface area is 163 Å². The van der Waals surface area contributed by atoms with Gasteiger partial charge in [-0.3, -0.25) is 9.59 Å². The number of ether oxygens (including phenoxy) is 3. The molecule has 6 nitrogen and oxygen atoms in total. The third kappa shape index (κ3) is 2.89. The largest absolute Gasteiger partial charge is 0.486 e. The minimum absolute atomic E-state index is 0.0330. The number of ketones is 1. The Bertz CT molecular complexity index is 946. The van der Waals surface area contributed by atoms with Gasteiger partial charge in [-0.05, 0) is 30.3 Å². The molecule has 0 radical (unpaired) electrons. The molecule has 2 aromatic carbocycles. The van der Waals surface area contributed by atoms with Crippen LogP contribution in [0.25, 0.3) is 0 Å². The predicted molar refractivity (Wildman–Crippen MR) is 101 cm³/mol. The van der Waals surface area contributed by atoms with Gasteiger partial charge in [-0.15, -0.1) is 0 Å². The summed E-state index contributed by atoms with van der Waals surface area (Å²) in [6.45, 7) is 2.13. The van der Waals surface area contributed by atoms with Crippen LogP contribution in [0.5, 0.6) is 17.2 Å². The standard InChI is InChI=1S/C22H21NO5/c24-17-14-22(28-18-4-2-1-3-16(17)18)7-9-23(10-8-22)21(25)15-5-6-19-20(13-15)27-12-11-26-19/h1-6,13H,7-12,14H2. The number of carbonyl (C=O) groups is 2. The molecular formula is C22H21NO5. The van der Waals surface area contributed by atoms with E-state index >= 15 is 0 Å². The van der Waals surface area contributed by atoms with E-state index in [0.717, 1.165) is 0 Å². The number of fused-ring (bicyclic) bond motifs is 2. The van der Waals surface area contributed by atoms with E-state index in [1.807, 2.05) is 29.2 Å². The maximum Gasteiger partial charge on any atom is 0.253 e. The lowest BCUT2D eigenvalue weighted by molar-refractivity contribution is -0.00572. The molecule has 28 heavy (non-hydrogen) atoms. The van der Waals surface area contributed by atoms with Crippen LogP contribution in [0.4, 0.5) is 0 Å². The van der Waals surface area contributed by atoms with Gasteiger partial charge in [-0.2, -0.15) is 0 Å². The van der Waals surface area contributed by atoms with Gasteiger partial charge in [0.25, 0.3) is 5.91 Å². The van der Waals surface area contributed by atoms with Gasteiger partial charge in [0, 0.05) is 31.5 Å². The van der Waals surface area contributed by atoms with Crippen LogP contribution in [-0.4, -0.2) is 48.5 Å². The molecule has 2 aromatic rings.